The first-order chi connectivity index (χ1) is 16.6. The zero-order valence-electron chi connectivity index (χ0n) is 19.4. The SMILES string of the molecule is CC(C)(c1ccc(OC[C@@H](O)CCl)cc1)c1ccc(OC[C@H](O)Cn2nnc(CO)c2I)c([123I])c1. The quantitative estimate of drug-likeness (QED) is 0.193. The summed E-state index contributed by atoms with van der Waals surface area (Å²) in [4.78, 5) is 0. The fourth-order valence-corrected chi connectivity index (χ4v) is 4.70. The van der Waals surface area contributed by atoms with Crippen LogP contribution in [0.4, 0.5) is 0 Å². The van der Waals surface area contributed by atoms with E-state index in [1.165, 1.54) is 0 Å². The van der Waals surface area contributed by atoms with Crippen molar-refractivity contribution in [1.29, 1.82) is 0 Å². The maximum Gasteiger partial charge on any atom is 0.132 e. The van der Waals surface area contributed by atoms with Gasteiger partial charge in [-0.3, -0.25) is 0 Å². The van der Waals surface area contributed by atoms with Crippen molar-refractivity contribution in [2.75, 3.05) is 19.1 Å². The van der Waals surface area contributed by atoms with E-state index < -0.39 is 12.2 Å². The molecule has 2 aromatic carbocycles. The number of aliphatic hydroxyl groups is 3. The Labute approximate surface area is 236 Å². The molecule has 0 aliphatic heterocycles. The second-order valence-corrected chi connectivity index (χ2v) is 11.0. The average Bonchev–Trinajstić information content (AvgIpc) is 3.20. The van der Waals surface area contributed by atoms with Crippen molar-refractivity contribution < 1.29 is 24.8 Å². The molecule has 0 unspecified atom stereocenters. The molecule has 1 aromatic heterocycles. The highest BCUT2D eigenvalue weighted by atomic mass is 127. The molecule has 0 amide bonds. The van der Waals surface area contributed by atoms with Gasteiger partial charge in [-0.1, -0.05) is 37.3 Å². The number of aliphatic hydroxyl groups excluding tert-OH is 3. The van der Waals surface area contributed by atoms with Crippen LogP contribution >= 0.6 is 56.8 Å². The number of benzene rings is 2. The van der Waals surface area contributed by atoms with E-state index in [4.69, 9.17) is 21.1 Å². The molecule has 8 nitrogen and oxygen atoms in total. The van der Waals surface area contributed by atoms with E-state index in [0.29, 0.717) is 20.9 Å². The Balaban J connectivity index is 1.62. The fraction of sp³-hybridized carbons (Fsp3) is 0.417. The zero-order chi connectivity index (χ0) is 25.6. The molecule has 3 aromatic rings. The lowest BCUT2D eigenvalue weighted by Crippen LogP contribution is -2.25. The van der Waals surface area contributed by atoms with Crippen LogP contribution in [0, 0.1) is 7.27 Å². The summed E-state index contributed by atoms with van der Waals surface area (Å²) in [5.41, 5.74) is 2.46. The molecule has 3 rings (SSSR count). The van der Waals surface area contributed by atoms with E-state index in [2.05, 4.69) is 52.8 Å². The third-order valence-corrected chi connectivity index (χ3v) is 7.93. The third kappa shape index (κ3) is 7.41. The summed E-state index contributed by atoms with van der Waals surface area (Å²) in [6.45, 7) is 4.58. The maximum absolute atomic E-state index is 10.4. The van der Waals surface area contributed by atoms with E-state index in [-0.39, 0.29) is 37.7 Å². The molecule has 0 spiro atoms. The lowest BCUT2D eigenvalue weighted by atomic mass is 9.78. The number of nitrogens with zero attached hydrogens (tertiary/aromatic N) is 3. The van der Waals surface area contributed by atoms with Gasteiger partial charge in [0.1, 0.15) is 46.3 Å². The van der Waals surface area contributed by atoms with Crippen molar-refractivity contribution in [1.82, 2.24) is 15.0 Å². The highest BCUT2D eigenvalue weighted by Gasteiger charge is 2.24. The summed E-state index contributed by atoms with van der Waals surface area (Å²) in [6, 6.07) is 13.8. The van der Waals surface area contributed by atoms with Gasteiger partial charge in [-0.15, -0.1) is 16.7 Å². The van der Waals surface area contributed by atoms with Gasteiger partial charge in [-0.25, -0.2) is 4.68 Å². The minimum Gasteiger partial charge on any atom is -0.491 e. The highest BCUT2D eigenvalue weighted by molar-refractivity contribution is 14.1. The van der Waals surface area contributed by atoms with Crippen LogP contribution in [-0.4, -0.2) is 61.6 Å². The van der Waals surface area contributed by atoms with Crippen LogP contribution in [0.5, 0.6) is 11.5 Å². The Kier molecular flexibility index (Phi) is 10.4. The van der Waals surface area contributed by atoms with Gasteiger partial charge in [0, 0.05) is 5.41 Å². The largest absolute Gasteiger partial charge is 0.491 e. The van der Waals surface area contributed by atoms with Gasteiger partial charge in [-0.2, -0.15) is 0 Å². The first-order valence-corrected chi connectivity index (χ1v) is 13.6. The van der Waals surface area contributed by atoms with Crippen LogP contribution in [0.3, 0.4) is 0 Å². The van der Waals surface area contributed by atoms with E-state index in [1.807, 2.05) is 59.0 Å². The molecule has 1 heterocycles. The summed E-state index contributed by atoms with van der Waals surface area (Å²) in [5, 5.41) is 37.0. The van der Waals surface area contributed by atoms with Gasteiger partial charge >= 0.3 is 0 Å². The molecule has 0 aliphatic carbocycles. The number of ether oxygens (including phenoxy) is 2. The zero-order valence-corrected chi connectivity index (χ0v) is 24.4. The van der Waals surface area contributed by atoms with Crippen LogP contribution in [0.25, 0.3) is 0 Å². The topological polar surface area (TPSA) is 110 Å². The van der Waals surface area contributed by atoms with Crippen LogP contribution in [0.2, 0.25) is 0 Å². The second kappa shape index (κ2) is 12.9. The van der Waals surface area contributed by atoms with Crippen molar-refractivity contribution in [3.8, 4) is 11.5 Å². The monoisotopic (exact) mass is 723 g/mol. The van der Waals surface area contributed by atoms with Gasteiger partial charge in [-0.05, 0) is 80.6 Å². The lowest BCUT2D eigenvalue weighted by molar-refractivity contribution is 0.0877. The molecule has 0 saturated carbocycles. The molecule has 0 saturated heterocycles. The Hall–Kier alpha value is -1.19. The summed E-state index contributed by atoms with van der Waals surface area (Å²) in [6.07, 6.45) is -1.47. The Bertz CT molecular complexity index is 1110. The summed E-state index contributed by atoms with van der Waals surface area (Å²) < 4.78 is 14.6. The standard InChI is InChI=1S/C24H28ClI2N3O5/c1-24(2,15-3-6-19(7-4-15)34-13-17(32)10-25)16-5-8-22(20(26)9-16)35-14-18(33)11-30-23(27)21(12-31)28-29-30/h3-9,17-18,31-33H,10-14H2,1-2H3/t17-,18+/m0/s1/i26-4. The summed E-state index contributed by atoms with van der Waals surface area (Å²) >= 11 is 9.89. The minimum atomic E-state index is -0.782. The van der Waals surface area contributed by atoms with E-state index in [1.54, 1.807) is 4.68 Å². The molecule has 2 atom stereocenters. The van der Waals surface area contributed by atoms with Gasteiger partial charge in [0.05, 0.1) is 22.6 Å². The van der Waals surface area contributed by atoms with Crippen LogP contribution in [0.15, 0.2) is 42.5 Å². The molecule has 0 aliphatic rings. The first-order valence-electron chi connectivity index (χ1n) is 10.9. The molecule has 35 heavy (non-hydrogen) atoms. The molecular weight excluding hydrogens is 696 g/mol. The number of alkyl halides is 1. The van der Waals surface area contributed by atoms with Crippen molar-refractivity contribution in [2.45, 2.75) is 44.6 Å². The number of hydrogen-bond donors (Lipinski definition) is 3. The van der Waals surface area contributed by atoms with E-state index in [9.17, 15) is 15.3 Å². The Morgan fingerprint density at radius 3 is 2.31 bits per heavy atom. The summed E-state index contributed by atoms with van der Waals surface area (Å²) in [7, 11) is 0. The molecule has 190 valence electrons. The normalized spacial score (nSPS) is 13.5. The van der Waals surface area contributed by atoms with Crippen molar-refractivity contribution in [2.24, 2.45) is 0 Å². The number of rotatable bonds is 12. The predicted octanol–water partition coefficient (Wildman–Crippen LogP) is 3.72. The first kappa shape index (κ1) is 28.4. The fourth-order valence-electron chi connectivity index (χ4n) is 3.37. The summed E-state index contributed by atoms with van der Waals surface area (Å²) in [5.74, 6) is 1.50. The van der Waals surface area contributed by atoms with E-state index in [0.717, 1.165) is 14.7 Å². The number of aromatic nitrogens is 3. The highest BCUT2D eigenvalue weighted by Crippen LogP contribution is 2.35. The Morgan fingerprint density at radius 1 is 1.06 bits per heavy atom. The molecule has 0 bridgehead atoms. The van der Waals surface area contributed by atoms with Gasteiger partial charge in [0.2, 0.25) is 0 Å². The van der Waals surface area contributed by atoms with Crippen molar-refractivity contribution >= 4 is 56.8 Å². The van der Waals surface area contributed by atoms with Crippen LogP contribution < -0.4 is 9.47 Å². The van der Waals surface area contributed by atoms with Crippen molar-refractivity contribution in [3.05, 3.63) is 66.6 Å². The molecule has 11 heteroatoms. The molecule has 0 radical (unpaired) electrons. The number of halogens is 3. The Morgan fingerprint density at radius 2 is 1.71 bits per heavy atom. The van der Waals surface area contributed by atoms with Crippen LogP contribution in [0.1, 0.15) is 30.7 Å². The van der Waals surface area contributed by atoms with Gasteiger partial charge < -0.3 is 24.8 Å². The molecule has 3 N–H and O–H groups in total. The van der Waals surface area contributed by atoms with Gasteiger partial charge in [0.15, 0.2) is 0 Å². The molecule has 0 fully saturated rings. The smallest absolute Gasteiger partial charge is 0.132 e. The average molecular weight is 724 g/mol. The second-order valence-electron chi connectivity index (χ2n) is 8.55. The van der Waals surface area contributed by atoms with E-state index >= 15 is 0 Å². The lowest BCUT2D eigenvalue weighted by Gasteiger charge is -2.27. The predicted molar refractivity (Wildman–Crippen MR) is 150 cm³/mol. The number of hydrogen-bond acceptors (Lipinski definition) is 7. The third-order valence-electron chi connectivity index (χ3n) is 5.55. The van der Waals surface area contributed by atoms with Crippen molar-refractivity contribution in [3.63, 3.8) is 0 Å². The van der Waals surface area contributed by atoms with Gasteiger partial charge in [0.25, 0.3) is 0 Å². The molecular formula is C24H28ClI2N3O5. The maximum atomic E-state index is 10.4. The minimum absolute atomic E-state index is 0.100. The van der Waals surface area contributed by atoms with Crippen LogP contribution in [-0.2, 0) is 18.6 Å².